The monoisotopic (exact) mass is 429 g/mol. The molecule has 0 bridgehead atoms. The van der Waals surface area contributed by atoms with Gasteiger partial charge in [0.25, 0.3) is 0 Å². The molecular weight excluding hydrogens is 402 g/mol. The number of fused-ring (bicyclic) bond motifs is 1. The highest BCUT2D eigenvalue weighted by atomic mass is 32.2. The number of aliphatic hydroxyl groups is 1. The average molecular weight is 430 g/mol. The van der Waals surface area contributed by atoms with Crippen molar-refractivity contribution in [2.24, 2.45) is 5.16 Å². The molecule has 7 nitrogen and oxygen atoms in total. The van der Waals surface area contributed by atoms with Crippen LogP contribution in [0.5, 0.6) is 0 Å². The predicted octanol–water partition coefficient (Wildman–Crippen LogP) is 3.20. The van der Waals surface area contributed by atoms with E-state index < -0.39 is 16.1 Å². The van der Waals surface area contributed by atoms with Crippen molar-refractivity contribution in [1.82, 2.24) is 4.57 Å². The van der Waals surface area contributed by atoms with Gasteiger partial charge in [-0.25, -0.2) is 8.42 Å². The smallest absolute Gasteiger partial charge is 0.232 e. The van der Waals surface area contributed by atoms with E-state index in [1.807, 2.05) is 61.7 Å². The number of hydrogen-bond acceptors (Lipinski definition) is 5. The third-order valence-electron chi connectivity index (χ3n) is 5.09. The number of sulfonamides is 1. The van der Waals surface area contributed by atoms with Gasteiger partial charge in [-0.2, -0.15) is 0 Å². The summed E-state index contributed by atoms with van der Waals surface area (Å²) in [5, 5.41) is 23.7. The lowest BCUT2D eigenvalue weighted by molar-refractivity contribution is 0.164. The zero-order chi connectivity index (χ0) is 22.1. The first-order chi connectivity index (χ1) is 14.1. The Morgan fingerprint density at radius 3 is 2.40 bits per heavy atom. The lowest BCUT2D eigenvalue weighted by Gasteiger charge is -2.28. The Bertz CT molecular complexity index is 1180. The van der Waals surface area contributed by atoms with E-state index in [-0.39, 0.29) is 13.1 Å². The quantitative estimate of drug-likeness (QED) is 0.343. The summed E-state index contributed by atoms with van der Waals surface area (Å²) in [5.41, 5.74) is 4.92. The van der Waals surface area contributed by atoms with Gasteiger partial charge in [-0.05, 0) is 38.0 Å². The Kier molecular flexibility index (Phi) is 6.19. The van der Waals surface area contributed by atoms with Crippen LogP contribution in [0.2, 0.25) is 0 Å². The summed E-state index contributed by atoms with van der Waals surface area (Å²) < 4.78 is 28.3. The second kappa shape index (κ2) is 8.49. The molecule has 160 valence electrons. The van der Waals surface area contributed by atoms with Crippen molar-refractivity contribution in [3.8, 4) is 0 Å². The fraction of sp³-hybridized carbons (Fsp3) is 0.318. The van der Waals surface area contributed by atoms with Crippen molar-refractivity contribution < 1.29 is 18.7 Å². The topological polar surface area (TPSA) is 95.1 Å². The van der Waals surface area contributed by atoms with E-state index in [9.17, 15) is 13.5 Å². The minimum atomic E-state index is -3.60. The second-order valence-electron chi connectivity index (χ2n) is 7.69. The van der Waals surface area contributed by atoms with Gasteiger partial charge in [0.2, 0.25) is 10.0 Å². The summed E-state index contributed by atoms with van der Waals surface area (Å²) in [4.78, 5) is 0. The summed E-state index contributed by atoms with van der Waals surface area (Å²) in [6.45, 7) is 5.84. The van der Waals surface area contributed by atoms with Gasteiger partial charge >= 0.3 is 0 Å². The zero-order valence-corrected chi connectivity index (χ0v) is 18.4. The number of anilines is 1. The summed E-state index contributed by atoms with van der Waals surface area (Å²) in [6.07, 6.45) is 3.32. The summed E-state index contributed by atoms with van der Waals surface area (Å²) in [5.74, 6) is 0. The van der Waals surface area contributed by atoms with E-state index >= 15 is 0 Å². The molecule has 1 atom stereocenters. The molecule has 2 aromatic carbocycles. The van der Waals surface area contributed by atoms with Crippen molar-refractivity contribution in [2.45, 2.75) is 33.4 Å². The van der Waals surface area contributed by atoms with Crippen LogP contribution >= 0.6 is 0 Å². The third kappa shape index (κ3) is 4.49. The van der Waals surface area contributed by atoms with Crippen LogP contribution in [0.4, 0.5) is 5.69 Å². The van der Waals surface area contributed by atoms with Crippen molar-refractivity contribution in [3.63, 3.8) is 0 Å². The zero-order valence-electron chi connectivity index (χ0n) is 17.6. The molecule has 0 amide bonds. The highest BCUT2D eigenvalue weighted by Gasteiger charge is 2.25. The molecule has 1 unspecified atom stereocenters. The molecule has 0 radical (unpaired) electrons. The van der Waals surface area contributed by atoms with Gasteiger partial charge in [0.1, 0.15) is 0 Å². The maximum absolute atomic E-state index is 12.6. The molecule has 0 aliphatic carbocycles. The summed E-state index contributed by atoms with van der Waals surface area (Å²) in [6, 6.07) is 11.4. The number of benzene rings is 2. The predicted molar refractivity (Wildman–Crippen MR) is 120 cm³/mol. The number of rotatable bonds is 7. The SMILES string of the molecule is Cc1cc(C)c(N(CC(O)Cn2cc(/C=N/O)c3ccccc32)S(C)(=O)=O)c(C)c1. The Balaban J connectivity index is 1.94. The largest absolute Gasteiger partial charge is 0.411 e. The lowest BCUT2D eigenvalue weighted by Crippen LogP contribution is -2.39. The Morgan fingerprint density at radius 1 is 1.17 bits per heavy atom. The Labute approximate surface area is 176 Å². The second-order valence-corrected chi connectivity index (χ2v) is 9.60. The maximum Gasteiger partial charge on any atom is 0.232 e. The Morgan fingerprint density at radius 2 is 1.80 bits per heavy atom. The first-order valence-corrected chi connectivity index (χ1v) is 11.5. The number of aromatic nitrogens is 1. The van der Waals surface area contributed by atoms with Crippen LogP contribution in [-0.4, -0.2) is 48.4 Å². The normalized spacial score (nSPS) is 13.2. The van der Waals surface area contributed by atoms with E-state index in [4.69, 9.17) is 5.21 Å². The van der Waals surface area contributed by atoms with Crippen LogP contribution in [0, 0.1) is 20.8 Å². The number of oxime groups is 1. The molecule has 0 saturated carbocycles. The molecular formula is C22H27N3O4S. The van der Waals surface area contributed by atoms with E-state index in [1.54, 1.807) is 6.20 Å². The van der Waals surface area contributed by atoms with Crippen LogP contribution < -0.4 is 4.31 Å². The summed E-state index contributed by atoms with van der Waals surface area (Å²) >= 11 is 0. The molecule has 0 spiro atoms. The van der Waals surface area contributed by atoms with Gasteiger partial charge in [-0.3, -0.25) is 4.31 Å². The number of aryl methyl sites for hydroxylation is 3. The standard InChI is InChI=1S/C22H27N3O4S/c1-15-9-16(2)22(17(3)10-15)25(30(4,28)29)14-19(26)13-24-12-18(11-23-27)20-7-5-6-8-21(20)24/h5-12,19,26-27H,13-14H2,1-4H3/b23-11+. The van der Waals surface area contributed by atoms with Crippen LogP contribution in [-0.2, 0) is 16.6 Å². The minimum Gasteiger partial charge on any atom is -0.411 e. The molecule has 0 aliphatic heterocycles. The molecule has 3 rings (SSSR count). The number of hydrogen-bond donors (Lipinski definition) is 2. The van der Waals surface area contributed by atoms with Gasteiger partial charge < -0.3 is 14.9 Å². The molecule has 0 saturated heterocycles. The maximum atomic E-state index is 12.6. The molecule has 2 N–H and O–H groups in total. The molecule has 3 aromatic rings. The average Bonchev–Trinajstić information content (AvgIpc) is 2.97. The number of nitrogens with zero attached hydrogens (tertiary/aromatic N) is 3. The van der Waals surface area contributed by atoms with E-state index in [1.165, 1.54) is 10.5 Å². The van der Waals surface area contributed by atoms with Crippen molar-refractivity contribution in [3.05, 3.63) is 64.8 Å². The van der Waals surface area contributed by atoms with Gasteiger partial charge in [0.05, 0.1) is 37.4 Å². The number of aliphatic hydroxyl groups excluding tert-OH is 1. The van der Waals surface area contributed by atoms with Crippen LogP contribution in [0.1, 0.15) is 22.3 Å². The molecule has 0 fully saturated rings. The van der Waals surface area contributed by atoms with Gasteiger partial charge in [0.15, 0.2) is 0 Å². The Hall–Kier alpha value is -2.84. The fourth-order valence-electron chi connectivity index (χ4n) is 4.03. The minimum absolute atomic E-state index is 0.0699. The third-order valence-corrected chi connectivity index (χ3v) is 6.22. The van der Waals surface area contributed by atoms with Crippen LogP contribution in [0.3, 0.4) is 0 Å². The molecule has 8 heteroatoms. The van der Waals surface area contributed by atoms with Crippen LogP contribution in [0.15, 0.2) is 47.8 Å². The number of para-hydroxylation sites is 1. The first-order valence-electron chi connectivity index (χ1n) is 9.60. The van der Waals surface area contributed by atoms with Gasteiger partial charge in [0, 0.05) is 22.7 Å². The van der Waals surface area contributed by atoms with E-state index in [0.717, 1.165) is 33.8 Å². The molecule has 30 heavy (non-hydrogen) atoms. The van der Waals surface area contributed by atoms with Crippen molar-refractivity contribution >= 4 is 32.8 Å². The fourth-order valence-corrected chi connectivity index (χ4v) is 5.09. The highest BCUT2D eigenvalue weighted by Crippen LogP contribution is 2.29. The molecule has 1 aromatic heterocycles. The van der Waals surface area contributed by atoms with E-state index in [2.05, 4.69) is 5.16 Å². The van der Waals surface area contributed by atoms with E-state index in [0.29, 0.717) is 11.3 Å². The van der Waals surface area contributed by atoms with Crippen molar-refractivity contribution in [2.75, 3.05) is 17.1 Å². The van der Waals surface area contributed by atoms with Gasteiger partial charge in [-0.15, -0.1) is 0 Å². The molecule has 1 heterocycles. The first kappa shape index (κ1) is 21.9. The van der Waals surface area contributed by atoms with Crippen molar-refractivity contribution in [1.29, 1.82) is 0 Å². The lowest BCUT2D eigenvalue weighted by atomic mass is 10.0. The highest BCUT2D eigenvalue weighted by molar-refractivity contribution is 7.92. The summed E-state index contributed by atoms with van der Waals surface area (Å²) in [7, 11) is -3.60. The van der Waals surface area contributed by atoms with Gasteiger partial charge in [-0.1, -0.05) is 41.1 Å². The van der Waals surface area contributed by atoms with Crippen LogP contribution in [0.25, 0.3) is 10.9 Å². The molecule has 0 aliphatic rings.